The fourth-order valence-electron chi connectivity index (χ4n) is 3.61. The second-order valence-electron chi connectivity index (χ2n) is 6.89. The highest BCUT2D eigenvalue weighted by atomic mass is 35.5. The van der Waals surface area contributed by atoms with Crippen LogP contribution in [0, 0.1) is 5.92 Å². The summed E-state index contributed by atoms with van der Waals surface area (Å²) in [5, 5.41) is 9.80. The summed E-state index contributed by atoms with van der Waals surface area (Å²) < 4.78 is 0. The standard InChI is InChI=1S/C21H18ClNO3/c1-12(24)23-11-16-8-14(18-10-19(18)21(25)26)4-2-13(16)3-5-15-9-17(22)6-7-20(15)23/h2-9,18-19H,10-11H2,1H3,(H,25,26)/b5-3-. The topological polar surface area (TPSA) is 57.6 Å². The summed E-state index contributed by atoms with van der Waals surface area (Å²) in [5.74, 6) is -0.999. The number of carbonyl (C=O) groups excluding carboxylic acids is 1. The first-order valence-electron chi connectivity index (χ1n) is 8.55. The van der Waals surface area contributed by atoms with Crippen LogP contribution in [0.25, 0.3) is 12.2 Å². The first-order valence-corrected chi connectivity index (χ1v) is 8.93. The highest BCUT2D eigenvalue weighted by Gasteiger charge is 2.44. The lowest BCUT2D eigenvalue weighted by atomic mass is 9.97. The highest BCUT2D eigenvalue weighted by molar-refractivity contribution is 6.30. The molecular weight excluding hydrogens is 350 g/mol. The van der Waals surface area contributed by atoms with E-state index < -0.39 is 5.97 Å². The maximum Gasteiger partial charge on any atom is 0.307 e. The van der Waals surface area contributed by atoms with E-state index in [1.54, 1.807) is 17.9 Å². The van der Waals surface area contributed by atoms with Crippen LogP contribution in [0.1, 0.15) is 41.5 Å². The Labute approximate surface area is 156 Å². The first-order chi connectivity index (χ1) is 12.4. The van der Waals surface area contributed by atoms with E-state index >= 15 is 0 Å². The minimum atomic E-state index is -0.738. The number of anilines is 1. The summed E-state index contributed by atoms with van der Waals surface area (Å²) in [6.07, 6.45) is 4.67. The number of carboxylic acid groups (broad SMARTS) is 1. The Morgan fingerprint density at radius 3 is 2.58 bits per heavy atom. The number of fused-ring (bicyclic) bond motifs is 2. The summed E-state index contributed by atoms with van der Waals surface area (Å²) in [5.41, 5.74) is 4.80. The molecule has 1 fully saturated rings. The third-order valence-electron chi connectivity index (χ3n) is 5.13. The van der Waals surface area contributed by atoms with Crippen LogP contribution in [0.3, 0.4) is 0 Å². The van der Waals surface area contributed by atoms with E-state index in [-0.39, 0.29) is 17.7 Å². The molecular formula is C21H18ClNO3. The molecule has 2 aromatic rings. The van der Waals surface area contributed by atoms with E-state index in [1.165, 1.54) is 0 Å². The SMILES string of the molecule is CC(=O)N1Cc2cc(C3CC3C(=O)O)ccc2/C=C\c2cc(Cl)ccc21. The first kappa shape index (κ1) is 16.9. The summed E-state index contributed by atoms with van der Waals surface area (Å²) in [6, 6.07) is 11.5. The predicted octanol–water partition coefficient (Wildman–Crippen LogP) is 4.57. The van der Waals surface area contributed by atoms with Gasteiger partial charge >= 0.3 is 5.97 Å². The van der Waals surface area contributed by atoms with Crippen LogP contribution in [-0.2, 0) is 16.1 Å². The van der Waals surface area contributed by atoms with E-state index in [4.69, 9.17) is 11.6 Å². The van der Waals surface area contributed by atoms with Crippen molar-refractivity contribution in [3.63, 3.8) is 0 Å². The van der Waals surface area contributed by atoms with Gasteiger partial charge < -0.3 is 10.0 Å². The lowest BCUT2D eigenvalue weighted by molar-refractivity contribution is -0.138. The van der Waals surface area contributed by atoms with Crippen LogP contribution in [0.5, 0.6) is 0 Å². The van der Waals surface area contributed by atoms with Crippen molar-refractivity contribution < 1.29 is 14.7 Å². The van der Waals surface area contributed by atoms with Crippen LogP contribution < -0.4 is 4.90 Å². The highest BCUT2D eigenvalue weighted by Crippen LogP contribution is 2.48. The molecule has 1 heterocycles. The van der Waals surface area contributed by atoms with Crippen molar-refractivity contribution in [3.05, 3.63) is 63.7 Å². The zero-order valence-corrected chi connectivity index (χ0v) is 15.0. The average Bonchev–Trinajstić information content (AvgIpc) is 3.37. The molecule has 2 aliphatic rings. The molecule has 2 unspecified atom stereocenters. The largest absolute Gasteiger partial charge is 0.481 e. The Hall–Kier alpha value is -2.59. The second-order valence-corrected chi connectivity index (χ2v) is 7.32. The van der Waals surface area contributed by atoms with E-state index in [0.29, 0.717) is 18.0 Å². The predicted molar refractivity (Wildman–Crippen MR) is 102 cm³/mol. The molecule has 0 radical (unpaired) electrons. The Kier molecular flexibility index (Phi) is 4.08. The normalized spacial score (nSPS) is 21.8. The molecule has 5 heteroatoms. The van der Waals surface area contributed by atoms with Gasteiger partial charge in [0.1, 0.15) is 0 Å². The van der Waals surface area contributed by atoms with Crippen molar-refractivity contribution in [3.8, 4) is 0 Å². The van der Waals surface area contributed by atoms with Crippen molar-refractivity contribution in [2.45, 2.75) is 25.8 Å². The van der Waals surface area contributed by atoms with Gasteiger partial charge in [-0.3, -0.25) is 9.59 Å². The van der Waals surface area contributed by atoms with Gasteiger partial charge in [0.05, 0.1) is 18.2 Å². The van der Waals surface area contributed by atoms with Gasteiger partial charge in [-0.05, 0) is 52.8 Å². The van der Waals surface area contributed by atoms with Gasteiger partial charge in [-0.15, -0.1) is 0 Å². The molecule has 0 saturated heterocycles. The van der Waals surface area contributed by atoms with Crippen molar-refractivity contribution in [1.29, 1.82) is 0 Å². The van der Waals surface area contributed by atoms with Gasteiger partial charge in [0.2, 0.25) is 5.91 Å². The van der Waals surface area contributed by atoms with E-state index in [9.17, 15) is 14.7 Å². The van der Waals surface area contributed by atoms with Gasteiger partial charge in [0.25, 0.3) is 0 Å². The number of hydrogen-bond donors (Lipinski definition) is 1. The fourth-order valence-corrected chi connectivity index (χ4v) is 3.79. The summed E-state index contributed by atoms with van der Waals surface area (Å²) in [4.78, 5) is 25.2. The van der Waals surface area contributed by atoms with Crippen LogP contribution in [0.15, 0.2) is 36.4 Å². The van der Waals surface area contributed by atoms with Crippen LogP contribution >= 0.6 is 11.6 Å². The van der Waals surface area contributed by atoms with Gasteiger partial charge in [-0.2, -0.15) is 0 Å². The van der Waals surface area contributed by atoms with Crippen LogP contribution in [0.2, 0.25) is 5.02 Å². The smallest absolute Gasteiger partial charge is 0.307 e. The molecule has 4 nitrogen and oxygen atoms in total. The number of hydrogen-bond acceptors (Lipinski definition) is 2. The average molecular weight is 368 g/mol. The Balaban J connectivity index is 1.76. The van der Waals surface area contributed by atoms with Gasteiger partial charge in [0, 0.05) is 11.9 Å². The minimum Gasteiger partial charge on any atom is -0.481 e. The molecule has 0 bridgehead atoms. The van der Waals surface area contributed by atoms with Crippen molar-refractivity contribution in [2.24, 2.45) is 5.92 Å². The van der Waals surface area contributed by atoms with E-state index in [0.717, 1.165) is 27.9 Å². The summed E-state index contributed by atoms with van der Waals surface area (Å²) in [6.45, 7) is 2.00. The minimum absolute atomic E-state index is 0.0462. The van der Waals surface area contributed by atoms with Crippen molar-refractivity contribution in [1.82, 2.24) is 0 Å². The number of benzene rings is 2. The number of amides is 1. The zero-order chi connectivity index (χ0) is 18.4. The molecule has 2 aromatic carbocycles. The van der Waals surface area contributed by atoms with Gasteiger partial charge in [-0.1, -0.05) is 42.0 Å². The number of halogens is 1. The zero-order valence-electron chi connectivity index (χ0n) is 14.3. The molecule has 1 N–H and O–H groups in total. The second kappa shape index (κ2) is 6.29. The summed E-state index contributed by atoms with van der Waals surface area (Å²) >= 11 is 6.11. The molecule has 2 atom stereocenters. The van der Waals surface area contributed by atoms with Crippen LogP contribution in [0.4, 0.5) is 5.69 Å². The monoisotopic (exact) mass is 367 g/mol. The lowest BCUT2D eigenvalue weighted by Gasteiger charge is -2.26. The Bertz CT molecular complexity index is 950. The molecule has 26 heavy (non-hydrogen) atoms. The molecule has 1 saturated carbocycles. The Morgan fingerprint density at radius 2 is 1.88 bits per heavy atom. The molecule has 1 amide bonds. The molecule has 0 spiro atoms. The third kappa shape index (κ3) is 3.01. The number of aliphatic carboxylic acids is 1. The van der Waals surface area contributed by atoms with E-state index in [1.807, 2.05) is 42.5 Å². The van der Waals surface area contributed by atoms with Gasteiger partial charge in [0.15, 0.2) is 0 Å². The molecule has 1 aliphatic heterocycles. The number of carboxylic acids is 1. The number of rotatable bonds is 2. The van der Waals surface area contributed by atoms with Crippen LogP contribution in [-0.4, -0.2) is 17.0 Å². The maximum absolute atomic E-state index is 12.3. The van der Waals surface area contributed by atoms with Crippen molar-refractivity contribution in [2.75, 3.05) is 4.90 Å². The molecule has 0 aromatic heterocycles. The van der Waals surface area contributed by atoms with Crippen molar-refractivity contribution >= 4 is 41.3 Å². The third-order valence-corrected chi connectivity index (χ3v) is 5.37. The molecule has 4 rings (SSSR count). The Morgan fingerprint density at radius 1 is 1.12 bits per heavy atom. The van der Waals surface area contributed by atoms with E-state index in [2.05, 4.69) is 0 Å². The number of carbonyl (C=O) groups is 2. The fraction of sp³-hybridized carbons (Fsp3) is 0.238. The molecule has 132 valence electrons. The van der Waals surface area contributed by atoms with Gasteiger partial charge in [-0.25, -0.2) is 0 Å². The quantitative estimate of drug-likeness (QED) is 0.846. The number of nitrogens with zero attached hydrogens (tertiary/aromatic N) is 1. The lowest BCUT2D eigenvalue weighted by Crippen LogP contribution is -2.29. The molecule has 1 aliphatic carbocycles. The summed E-state index contributed by atoms with van der Waals surface area (Å²) in [7, 11) is 0. The maximum atomic E-state index is 12.3.